The number of hydrogen-bond acceptors (Lipinski definition) is 4. The summed E-state index contributed by atoms with van der Waals surface area (Å²) < 4.78 is 46.8. The van der Waals surface area contributed by atoms with Crippen LogP contribution >= 0.6 is 22.3 Å². The van der Waals surface area contributed by atoms with Gasteiger partial charge in [-0.05, 0) is 6.07 Å². The highest BCUT2D eigenvalue weighted by Gasteiger charge is 2.26. The fraction of sp³-hybridized carbons (Fsp3) is 0.167. The van der Waals surface area contributed by atoms with Gasteiger partial charge in [-0.15, -0.1) is 0 Å². The zero-order valence-corrected chi connectivity index (χ0v) is 9.24. The standard InChI is InChI=1S/C6H4Cl2F2N2O2S/c7-3-1-2(11)5(15(8,13)14)4(12-3)6(9)10/h1,6H,(H2,11,12). The van der Waals surface area contributed by atoms with E-state index in [1.165, 1.54) is 0 Å². The van der Waals surface area contributed by atoms with Crippen molar-refractivity contribution in [1.82, 2.24) is 4.98 Å². The van der Waals surface area contributed by atoms with Gasteiger partial charge in [0.2, 0.25) is 0 Å². The lowest BCUT2D eigenvalue weighted by Crippen LogP contribution is -2.06. The smallest absolute Gasteiger partial charge is 0.281 e. The van der Waals surface area contributed by atoms with Crippen LogP contribution in [0.1, 0.15) is 12.1 Å². The molecule has 0 radical (unpaired) electrons. The van der Waals surface area contributed by atoms with E-state index in [4.69, 9.17) is 28.0 Å². The number of hydrogen-bond donors (Lipinski definition) is 1. The van der Waals surface area contributed by atoms with Crippen molar-refractivity contribution in [2.75, 3.05) is 5.73 Å². The van der Waals surface area contributed by atoms with Crippen LogP contribution in [-0.4, -0.2) is 13.4 Å². The fourth-order valence-electron chi connectivity index (χ4n) is 0.953. The maximum absolute atomic E-state index is 12.4. The summed E-state index contributed by atoms with van der Waals surface area (Å²) in [6.45, 7) is 0. The molecule has 15 heavy (non-hydrogen) atoms. The third-order valence-corrected chi connectivity index (χ3v) is 3.04. The molecule has 0 aliphatic heterocycles. The van der Waals surface area contributed by atoms with Gasteiger partial charge in [-0.3, -0.25) is 0 Å². The molecule has 1 heterocycles. The Hall–Kier alpha value is -0.660. The molecule has 2 N–H and O–H groups in total. The summed E-state index contributed by atoms with van der Waals surface area (Å²) in [6, 6.07) is 0.933. The van der Waals surface area contributed by atoms with E-state index in [1.807, 2.05) is 0 Å². The number of nitrogens with two attached hydrogens (primary N) is 1. The Kier molecular flexibility index (Phi) is 3.37. The van der Waals surface area contributed by atoms with Crippen molar-refractivity contribution < 1.29 is 17.2 Å². The number of aromatic nitrogens is 1. The Morgan fingerprint density at radius 1 is 1.47 bits per heavy atom. The summed E-state index contributed by atoms with van der Waals surface area (Å²) in [5.74, 6) is 0. The van der Waals surface area contributed by atoms with Crippen LogP contribution < -0.4 is 5.73 Å². The first-order valence-corrected chi connectivity index (χ1v) is 6.11. The molecule has 0 aliphatic carbocycles. The first-order valence-electron chi connectivity index (χ1n) is 3.42. The van der Waals surface area contributed by atoms with E-state index in [2.05, 4.69) is 4.98 Å². The van der Waals surface area contributed by atoms with Gasteiger partial charge >= 0.3 is 0 Å². The topological polar surface area (TPSA) is 73.0 Å². The van der Waals surface area contributed by atoms with E-state index >= 15 is 0 Å². The van der Waals surface area contributed by atoms with Crippen molar-refractivity contribution in [3.8, 4) is 0 Å². The number of nitrogen functional groups attached to an aromatic ring is 1. The Bertz CT molecular complexity index is 492. The maximum atomic E-state index is 12.4. The summed E-state index contributed by atoms with van der Waals surface area (Å²) in [4.78, 5) is 2.27. The van der Waals surface area contributed by atoms with Crippen molar-refractivity contribution in [3.63, 3.8) is 0 Å². The summed E-state index contributed by atoms with van der Waals surface area (Å²) in [5, 5.41) is -0.327. The molecule has 0 unspecified atom stereocenters. The number of rotatable bonds is 2. The quantitative estimate of drug-likeness (QED) is 0.664. The van der Waals surface area contributed by atoms with Gasteiger partial charge < -0.3 is 5.73 Å². The Morgan fingerprint density at radius 3 is 2.40 bits per heavy atom. The first-order chi connectivity index (χ1) is 6.73. The van der Waals surface area contributed by atoms with Crippen LogP contribution in [0.4, 0.5) is 14.5 Å². The normalized spacial score (nSPS) is 12.1. The van der Waals surface area contributed by atoms with Gasteiger partial charge in [0.25, 0.3) is 15.5 Å². The highest BCUT2D eigenvalue weighted by atomic mass is 35.7. The summed E-state index contributed by atoms with van der Waals surface area (Å²) in [5.41, 5.74) is 3.72. The number of halogens is 4. The molecule has 0 aromatic carbocycles. The fourth-order valence-corrected chi connectivity index (χ4v) is 2.39. The Balaban J connectivity index is 3.62. The molecule has 1 rings (SSSR count). The molecule has 0 amide bonds. The van der Waals surface area contributed by atoms with E-state index in [0.717, 1.165) is 6.07 Å². The van der Waals surface area contributed by atoms with Gasteiger partial charge in [0.15, 0.2) is 0 Å². The average Bonchev–Trinajstić information content (AvgIpc) is 1.99. The summed E-state index contributed by atoms with van der Waals surface area (Å²) in [7, 11) is 0.561. The largest absolute Gasteiger partial charge is 0.397 e. The Morgan fingerprint density at radius 2 is 2.00 bits per heavy atom. The van der Waals surface area contributed by atoms with Gasteiger partial charge in [-0.1, -0.05) is 11.6 Å². The van der Waals surface area contributed by atoms with Crippen LogP contribution in [0.5, 0.6) is 0 Å². The number of anilines is 1. The second-order valence-corrected chi connectivity index (χ2v) is 5.38. The third kappa shape index (κ3) is 2.67. The van der Waals surface area contributed by atoms with Gasteiger partial charge in [0.05, 0.1) is 5.69 Å². The molecular formula is C6H4Cl2F2N2O2S. The van der Waals surface area contributed by atoms with Crippen LogP contribution in [-0.2, 0) is 9.05 Å². The highest BCUT2D eigenvalue weighted by molar-refractivity contribution is 8.13. The summed E-state index contributed by atoms with van der Waals surface area (Å²) >= 11 is 5.35. The monoisotopic (exact) mass is 276 g/mol. The molecule has 1 aromatic rings. The molecule has 0 fully saturated rings. The Labute approximate surface area is 93.4 Å². The molecule has 0 aliphatic rings. The third-order valence-electron chi connectivity index (χ3n) is 1.45. The van der Waals surface area contributed by atoms with E-state index in [0.29, 0.717) is 0 Å². The molecule has 0 spiro atoms. The molecule has 4 nitrogen and oxygen atoms in total. The SMILES string of the molecule is Nc1cc(Cl)nc(C(F)F)c1S(=O)(=O)Cl. The minimum atomic E-state index is -4.38. The van der Waals surface area contributed by atoms with Crippen LogP contribution in [0.2, 0.25) is 5.15 Å². The lowest BCUT2D eigenvalue weighted by Gasteiger charge is -2.08. The molecular weight excluding hydrogens is 273 g/mol. The zero-order valence-electron chi connectivity index (χ0n) is 6.92. The predicted octanol–water partition coefficient (Wildman–Crippen LogP) is 2.18. The van der Waals surface area contributed by atoms with Crippen LogP contribution in [0, 0.1) is 0 Å². The number of pyridine rings is 1. The van der Waals surface area contributed by atoms with Crippen molar-refractivity contribution in [2.45, 2.75) is 11.3 Å². The minimum absolute atomic E-state index is 0.327. The second kappa shape index (κ2) is 4.07. The molecule has 9 heteroatoms. The highest BCUT2D eigenvalue weighted by Crippen LogP contribution is 2.33. The van der Waals surface area contributed by atoms with Gasteiger partial charge in [0, 0.05) is 10.7 Å². The van der Waals surface area contributed by atoms with Crippen LogP contribution in [0.15, 0.2) is 11.0 Å². The molecule has 0 bridgehead atoms. The van der Waals surface area contributed by atoms with Gasteiger partial charge in [-0.25, -0.2) is 22.2 Å². The molecule has 84 valence electrons. The molecule has 1 aromatic heterocycles. The number of nitrogens with zero attached hydrogens (tertiary/aromatic N) is 1. The maximum Gasteiger partial charge on any atom is 0.281 e. The lowest BCUT2D eigenvalue weighted by molar-refractivity contribution is 0.142. The lowest BCUT2D eigenvalue weighted by atomic mass is 10.3. The number of alkyl halides is 2. The molecule has 0 atom stereocenters. The van der Waals surface area contributed by atoms with Crippen molar-refractivity contribution in [1.29, 1.82) is 0 Å². The van der Waals surface area contributed by atoms with E-state index in [1.54, 1.807) is 0 Å². The summed E-state index contributed by atoms with van der Waals surface area (Å²) in [6.07, 6.45) is -3.13. The van der Waals surface area contributed by atoms with E-state index in [-0.39, 0.29) is 5.15 Å². The molecule has 0 saturated heterocycles. The van der Waals surface area contributed by atoms with Crippen molar-refractivity contribution in [3.05, 3.63) is 16.9 Å². The first kappa shape index (κ1) is 12.4. The van der Waals surface area contributed by atoms with Gasteiger partial charge in [0.1, 0.15) is 15.7 Å². The molecule has 0 saturated carbocycles. The average molecular weight is 277 g/mol. The van der Waals surface area contributed by atoms with Gasteiger partial charge in [-0.2, -0.15) is 0 Å². The predicted molar refractivity (Wildman–Crippen MR) is 51.7 cm³/mol. The van der Waals surface area contributed by atoms with E-state index < -0.39 is 31.8 Å². The van der Waals surface area contributed by atoms with E-state index in [9.17, 15) is 17.2 Å². The minimum Gasteiger partial charge on any atom is -0.397 e. The van der Waals surface area contributed by atoms with Crippen molar-refractivity contribution in [2.24, 2.45) is 0 Å². The van der Waals surface area contributed by atoms with Crippen LogP contribution in [0.3, 0.4) is 0 Å². The van der Waals surface area contributed by atoms with Crippen LogP contribution in [0.25, 0.3) is 0 Å². The zero-order chi connectivity index (χ0) is 11.8. The van der Waals surface area contributed by atoms with Crippen molar-refractivity contribution >= 4 is 37.0 Å². The second-order valence-electron chi connectivity index (χ2n) is 2.49.